The van der Waals surface area contributed by atoms with Crippen LogP contribution in [0.4, 0.5) is 0 Å². The molecule has 0 heterocycles. The molecule has 1 N–H and O–H groups in total. The first kappa shape index (κ1) is 27.7. The molecule has 0 aromatic rings. The van der Waals surface area contributed by atoms with Crippen LogP contribution in [0.1, 0.15) is 104 Å². The van der Waals surface area contributed by atoms with Crippen LogP contribution in [-0.2, 0) is 10.1 Å². The average Bonchev–Trinajstić information content (AvgIpc) is 2.48. The molecular formula is C18H37KO4S. The second kappa shape index (κ2) is 17.9. The maximum Gasteiger partial charge on any atom is 1.00 e. The van der Waals surface area contributed by atoms with E-state index in [0.717, 1.165) is 32.1 Å². The number of hydrogen-bond donors (Lipinski definition) is 1. The van der Waals surface area contributed by atoms with Gasteiger partial charge in [0, 0.05) is 0 Å². The molecule has 0 aromatic carbocycles. The van der Waals surface area contributed by atoms with Gasteiger partial charge in [0.05, 0.1) is 21.5 Å². The van der Waals surface area contributed by atoms with Crippen LogP contribution in [0.2, 0.25) is 0 Å². The Hall–Kier alpha value is 1.51. The van der Waals surface area contributed by atoms with Crippen LogP contribution < -0.4 is 51.4 Å². The van der Waals surface area contributed by atoms with Crippen molar-refractivity contribution < 1.29 is 69.5 Å². The number of unbranched alkanes of at least 4 members (excludes halogenated alkanes) is 9. The van der Waals surface area contributed by atoms with Gasteiger partial charge in [-0.05, 0) is 19.3 Å². The van der Waals surface area contributed by atoms with E-state index in [-0.39, 0.29) is 57.8 Å². The molecule has 0 saturated carbocycles. The predicted octanol–water partition coefficient (Wildman–Crippen LogP) is 1.77. The quantitative estimate of drug-likeness (QED) is 0.248. The molecule has 0 aliphatic carbocycles. The van der Waals surface area contributed by atoms with Gasteiger partial charge >= 0.3 is 51.4 Å². The molecule has 0 amide bonds. The Morgan fingerprint density at radius 2 is 1.21 bits per heavy atom. The van der Waals surface area contributed by atoms with E-state index in [1.54, 1.807) is 0 Å². The van der Waals surface area contributed by atoms with Gasteiger partial charge in [0.25, 0.3) is 0 Å². The van der Waals surface area contributed by atoms with Crippen molar-refractivity contribution in [2.24, 2.45) is 0 Å². The molecule has 4 nitrogen and oxygen atoms in total. The van der Waals surface area contributed by atoms with Crippen molar-refractivity contribution in [2.75, 3.05) is 0 Å². The van der Waals surface area contributed by atoms with Crippen molar-refractivity contribution in [3.63, 3.8) is 0 Å². The Labute approximate surface area is 192 Å². The summed E-state index contributed by atoms with van der Waals surface area (Å²) in [6, 6.07) is 0. The number of hydrogen-bond acceptors (Lipinski definition) is 4. The Kier molecular flexibility index (Phi) is 20.7. The molecule has 0 bridgehead atoms. The number of aliphatic hydroxyl groups is 1. The summed E-state index contributed by atoms with van der Waals surface area (Å²) in [5.41, 5.74) is 0. The molecule has 0 aliphatic heterocycles. The Morgan fingerprint density at radius 1 is 0.792 bits per heavy atom. The van der Waals surface area contributed by atoms with Gasteiger partial charge in [-0.15, -0.1) is 0 Å². The van der Waals surface area contributed by atoms with E-state index >= 15 is 0 Å². The summed E-state index contributed by atoms with van der Waals surface area (Å²) in [5.74, 6) is 0. The molecule has 0 rings (SSSR count). The van der Waals surface area contributed by atoms with E-state index in [0.29, 0.717) is 12.8 Å². The summed E-state index contributed by atoms with van der Waals surface area (Å²) < 4.78 is 33.9. The summed E-state index contributed by atoms with van der Waals surface area (Å²) in [6.07, 6.45) is 12.7. The van der Waals surface area contributed by atoms with E-state index in [2.05, 4.69) is 6.92 Å². The van der Waals surface area contributed by atoms with E-state index in [1.165, 1.54) is 38.5 Å². The molecule has 140 valence electrons. The van der Waals surface area contributed by atoms with Gasteiger partial charge in [-0.2, -0.15) is 0 Å². The van der Waals surface area contributed by atoms with Crippen LogP contribution >= 0.6 is 0 Å². The van der Waals surface area contributed by atoms with E-state index in [4.69, 9.17) is 0 Å². The van der Waals surface area contributed by atoms with Crippen molar-refractivity contribution in [1.82, 2.24) is 0 Å². The minimum absolute atomic E-state index is 0. The van der Waals surface area contributed by atoms with Gasteiger partial charge in [-0.25, -0.2) is 8.42 Å². The zero-order chi connectivity index (χ0) is 17.6. The Morgan fingerprint density at radius 3 is 1.71 bits per heavy atom. The van der Waals surface area contributed by atoms with Gasteiger partial charge in [-0.1, -0.05) is 84.5 Å². The summed E-state index contributed by atoms with van der Waals surface area (Å²) in [6.45, 7) is 4.25. The third kappa shape index (κ3) is 16.9. The molecule has 0 spiro atoms. The van der Waals surface area contributed by atoms with Crippen molar-refractivity contribution in [2.45, 2.75) is 115 Å². The smallest absolute Gasteiger partial charge is 0.748 e. The topological polar surface area (TPSA) is 77.4 Å². The van der Waals surface area contributed by atoms with Crippen LogP contribution in [0.25, 0.3) is 0 Å². The molecular weight excluding hydrogens is 351 g/mol. The van der Waals surface area contributed by atoms with Crippen molar-refractivity contribution >= 4 is 10.1 Å². The minimum Gasteiger partial charge on any atom is -0.748 e. The molecule has 6 heteroatoms. The number of rotatable bonds is 16. The van der Waals surface area contributed by atoms with Crippen LogP contribution in [0.5, 0.6) is 0 Å². The van der Waals surface area contributed by atoms with Gasteiger partial charge in [-0.3, -0.25) is 0 Å². The molecule has 0 fully saturated rings. The molecule has 0 aliphatic rings. The second-order valence-corrected chi connectivity index (χ2v) is 8.42. The minimum atomic E-state index is -4.30. The summed E-state index contributed by atoms with van der Waals surface area (Å²) in [4.78, 5) is 0. The largest absolute Gasteiger partial charge is 1.00 e. The van der Waals surface area contributed by atoms with Gasteiger partial charge in [0.1, 0.15) is 0 Å². The monoisotopic (exact) mass is 388 g/mol. The maximum atomic E-state index is 11.3. The second-order valence-electron chi connectivity index (χ2n) is 6.76. The molecule has 2 atom stereocenters. The van der Waals surface area contributed by atoms with Crippen LogP contribution in [0.15, 0.2) is 0 Å². The van der Waals surface area contributed by atoms with Gasteiger partial charge in [0.2, 0.25) is 0 Å². The third-order valence-corrected chi connectivity index (χ3v) is 5.71. The molecule has 0 radical (unpaired) electrons. The Bertz CT molecular complexity index is 360. The molecule has 24 heavy (non-hydrogen) atoms. The first-order valence-electron chi connectivity index (χ1n) is 9.54. The van der Waals surface area contributed by atoms with E-state index < -0.39 is 21.5 Å². The zero-order valence-corrected chi connectivity index (χ0v) is 20.1. The third-order valence-electron chi connectivity index (χ3n) is 4.46. The van der Waals surface area contributed by atoms with Crippen molar-refractivity contribution in [3.05, 3.63) is 0 Å². The first-order chi connectivity index (χ1) is 10.9. The van der Waals surface area contributed by atoms with Gasteiger partial charge < -0.3 is 9.66 Å². The fourth-order valence-corrected chi connectivity index (χ4v) is 3.85. The fourth-order valence-electron chi connectivity index (χ4n) is 2.94. The average molecular weight is 389 g/mol. The van der Waals surface area contributed by atoms with Crippen LogP contribution in [-0.4, -0.2) is 29.4 Å². The molecule has 0 aromatic heterocycles. The standard InChI is InChI=1S/C18H38O4S.K/c1-3-5-7-8-9-10-11-13-14-17(19)16-18(23(20,21)22)15-12-6-4-2;/h17-19H,3-16H2,1-2H3,(H,20,21,22);/q;+1/p-1. The van der Waals surface area contributed by atoms with E-state index in [1.807, 2.05) is 6.92 Å². The maximum absolute atomic E-state index is 11.3. The predicted molar refractivity (Wildman–Crippen MR) is 95.5 cm³/mol. The summed E-state index contributed by atoms with van der Waals surface area (Å²) >= 11 is 0. The Balaban J connectivity index is 0. The SMILES string of the molecule is CCCCCCCCCCC(O)CC(CCCCC)S(=O)(=O)[O-].[K+]. The van der Waals surface area contributed by atoms with Gasteiger partial charge in [0.15, 0.2) is 0 Å². The molecule has 2 unspecified atom stereocenters. The zero-order valence-electron chi connectivity index (χ0n) is 16.1. The molecule has 0 saturated heterocycles. The van der Waals surface area contributed by atoms with Crippen molar-refractivity contribution in [1.29, 1.82) is 0 Å². The number of aliphatic hydroxyl groups excluding tert-OH is 1. The fraction of sp³-hybridized carbons (Fsp3) is 1.00. The summed E-state index contributed by atoms with van der Waals surface area (Å²) in [5, 5.41) is 9.09. The first-order valence-corrected chi connectivity index (χ1v) is 11.0. The normalized spacial score (nSPS) is 14.2. The van der Waals surface area contributed by atoms with E-state index in [9.17, 15) is 18.1 Å². The van der Waals surface area contributed by atoms with Crippen LogP contribution in [0.3, 0.4) is 0 Å². The van der Waals surface area contributed by atoms with Crippen molar-refractivity contribution in [3.8, 4) is 0 Å². The van der Waals surface area contributed by atoms with Crippen LogP contribution in [0, 0.1) is 0 Å². The summed E-state index contributed by atoms with van der Waals surface area (Å²) in [7, 11) is -4.30.